The Kier molecular flexibility index (Phi) is 3.47. The minimum absolute atomic E-state index is 0.00471. The van der Waals surface area contributed by atoms with Crippen LogP contribution >= 0.6 is 0 Å². The Balaban J connectivity index is 1.59. The van der Waals surface area contributed by atoms with E-state index in [0.29, 0.717) is 18.0 Å². The maximum atomic E-state index is 12.1. The van der Waals surface area contributed by atoms with Crippen LogP contribution in [0.4, 0.5) is 5.69 Å². The Labute approximate surface area is 118 Å². The predicted molar refractivity (Wildman–Crippen MR) is 75.6 cm³/mol. The third-order valence-electron chi connectivity index (χ3n) is 4.73. The molecule has 20 heavy (non-hydrogen) atoms. The van der Waals surface area contributed by atoms with E-state index in [9.17, 15) is 9.59 Å². The Morgan fingerprint density at radius 2 is 2.10 bits per heavy atom. The number of benzene rings is 1. The van der Waals surface area contributed by atoms with Crippen molar-refractivity contribution in [2.75, 3.05) is 5.32 Å². The van der Waals surface area contributed by atoms with Crippen molar-refractivity contribution in [3.05, 3.63) is 29.8 Å². The zero-order chi connectivity index (χ0) is 14.1. The van der Waals surface area contributed by atoms with Crippen LogP contribution < -0.4 is 5.32 Å². The molecule has 2 saturated carbocycles. The summed E-state index contributed by atoms with van der Waals surface area (Å²) in [7, 11) is 0. The lowest BCUT2D eigenvalue weighted by Crippen LogP contribution is -2.20. The van der Waals surface area contributed by atoms with Crippen molar-refractivity contribution in [3.63, 3.8) is 0 Å². The molecular weight excluding hydrogens is 254 g/mol. The molecule has 0 saturated heterocycles. The highest BCUT2D eigenvalue weighted by Crippen LogP contribution is 2.49. The van der Waals surface area contributed by atoms with Crippen molar-refractivity contribution in [1.29, 1.82) is 0 Å². The van der Waals surface area contributed by atoms with E-state index in [4.69, 9.17) is 5.11 Å². The number of anilines is 1. The van der Waals surface area contributed by atoms with Gasteiger partial charge < -0.3 is 10.4 Å². The second-order valence-corrected chi connectivity index (χ2v) is 6.07. The molecule has 1 amide bonds. The van der Waals surface area contributed by atoms with Gasteiger partial charge in [-0.15, -0.1) is 0 Å². The van der Waals surface area contributed by atoms with Gasteiger partial charge in [0.2, 0.25) is 5.91 Å². The molecule has 4 nitrogen and oxygen atoms in total. The quantitative estimate of drug-likeness (QED) is 0.885. The standard InChI is InChI=1S/C16H19NO3/c18-15(9-13-7-10-4-5-11(13)6-10)17-14-3-1-2-12(8-14)16(19)20/h1-3,8,10-11,13H,4-7,9H2,(H,17,18)(H,19,20)/t10-,11+,13?/m0/s1. The Morgan fingerprint density at radius 3 is 2.75 bits per heavy atom. The molecule has 3 atom stereocenters. The fourth-order valence-corrected chi connectivity index (χ4v) is 3.81. The number of fused-ring (bicyclic) bond motifs is 2. The van der Waals surface area contributed by atoms with Crippen LogP contribution in [-0.2, 0) is 4.79 Å². The molecule has 2 aliphatic carbocycles. The smallest absolute Gasteiger partial charge is 0.335 e. The number of rotatable bonds is 4. The zero-order valence-corrected chi connectivity index (χ0v) is 11.3. The number of carbonyl (C=O) groups is 2. The topological polar surface area (TPSA) is 66.4 Å². The monoisotopic (exact) mass is 273 g/mol. The Hall–Kier alpha value is -1.84. The summed E-state index contributed by atoms with van der Waals surface area (Å²) < 4.78 is 0. The number of nitrogens with one attached hydrogen (secondary N) is 1. The molecule has 0 aliphatic heterocycles. The van der Waals surface area contributed by atoms with Crippen LogP contribution in [-0.4, -0.2) is 17.0 Å². The molecule has 2 fully saturated rings. The molecule has 3 rings (SSSR count). The van der Waals surface area contributed by atoms with Gasteiger partial charge in [0.25, 0.3) is 0 Å². The first-order valence-electron chi connectivity index (χ1n) is 7.25. The summed E-state index contributed by atoms with van der Waals surface area (Å²) in [5, 5.41) is 11.8. The molecule has 0 spiro atoms. The summed E-state index contributed by atoms with van der Waals surface area (Å²) in [4.78, 5) is 23.0. The maximum absolute atomic E-state index is 12.1. The fourth-order valence-electron chi connectivity index (χ4n) is 3.81. The summed E-state index contributed by atoms with van der Waals surface area (Å²) in [6.45, 7) is 0. The summed E-state index contributed by atoms with van der Waals surface area (Å²) in [6.07, 6.45) is 5.67. The van der Waals surface area contributed by atoms with Crippen molar-refractivity contribution < 1.29 is 14.7 Å². The first-order valence-corrected chi connectivity index (χ1v) is 7.25. The molecule has 1 aromatic carbocycles. The van der Waals surface area contributed by atoms with Gasteiger partial charge in [-0.1, -0.05) is 12.5 Å². The second-order valence-electron chi connectivity index (χ2n) is 6.07. The number of aromatic carboxylic acids is 1. The molecule has 0 heterocycles. The van der Waals surface area contributed by atoms with Gasteiger partial charge in [0.1, 0.15) is 0 Å². The summed E-state index contributed by atoms with van der Waals surface area (Å²) >= 11 is 0. The van der Waals surface area contributed by atoms with Crippen LogP contribution in [0, 0.1) is 17.8 Å². The zero-order valence-electron chi connectivity index (χ0n) is 11.3. The van der Waals surface area contributed by atoms with Crippen LogP contribution in [0.15, 0.2) is 24.3 Å². The Morgan fingerprint density at radius 1 is 1.25 bits per heavy atom. The average molecular weight is 273 g/mol. The number of hydrogen-bond donors (Lipinski definition) is 2. The van der Waals surface area contributed by atoms with E-state index in [1.807, 2.05) is 0 Å². The SMILES string of the molecule is O=C(CC1C[C@H]2CC[C@@H]1C2)Nc1cccc(C(=O)O)c1. The first-order chi connectivity index (χ1) is 9.61. The van der Waals surface area contributed by atoms with Crippen LogP contribution in [0.25, 0.3) is 0 Å². The van der Waals surface area contributed by atoms with Crippen LogP contribution in [0.5, 0.6) is 0 Å². The van der Waals surface area contributed by atoms with Crippen molar-refractivity contribution in [2.45, 2.75) is 32.1 Å². The lowest BCUT2D eigenvalue weighted by Gasteiger charge is -2.20. The van der Waals surface area contributed by atoms with Gasteiger partial charge in [-0.2, -0.15) is 0 Å². The van der Waals surface area contributed by atoms with Gasteiger partial charge in [-0.3, -0.25) is 4.79 Å². The average Bonchev–Trinajstić information content (AvgIpc) is 3.01. The van der Waals surface area contributed by atoms with Crippen molar-refractivity contribution >= 4 is 17.6 Å². The second kappa shape index (κ2) is 5.27. The third-order valence-corrected chi connectivity index (χ3v) is 4.73. The molecule has 0 aromatic heterocycles. The molecule has 2 aliphatic rings. The largest absolute Gasteiger partial charge is 0.478 e. The molecule has 0 radical (unpaired) electrons. The third kappa shape index (κ3) is 2.69. The Bertz CT molecular complexity index is 540. The maximum Gasteiger partial charge on any atom is 0.335 e. The fraction of sp³-hybridized carbons (Fsp3) is 0.500. The van der Waals surface area contributed by atoms with Crippen LogP contribution in [0.3, 0.4) is 0 Å². The van der Waals surface area contributed by atoms with E-state index in [-0.39, 0.29) is 11.5 Å². The van der Waals surface area contributed by atoms with E-state index < -0.39 is 5.97 Å². The predicted octanol–water partition coefficient (Wildman–Crippen LogP) is 3.15. The number of carboxylic acid groups (broad SMARTS) is 1. The highest BCUT2D eigenvalue weighted by atomic mass is 16.4. The van der Waals surface area contributed by atoms with Gasteiger partial charge in [-0.05, 0) is 55.2 Å². The highest BCUT2D eigenvalue weighted by Gasteiger charge is 2.40. The molecule has 2 bridgehead atoms. The van der Waals surface area contributed by atoms with E-state index in [1.54, 1.807) is 12.1 Å². The number of carboxylic acids is 1. The van der Waals surface area contributed by atoms with E-state index in [1.165, 1.54) is 37.8 Å². The van der Waals surface area contributed by atoms with E-state index in [2.05, 4.69) is 5.32 Å². The summed E-state index contributed by atoms with van der Waals surface area (Å²) in [5.74, 6) is 1.12. The number of hydrogen-bond acceptors (Lipinski definition) is 2. The van der Waals surface area contributed by atoms with Crippen LogP contribution in [0.1, 0.15) is 42.5 Å². The van der Waals surface area contributed by atoms with E-state index in [0.717, 1.165) is 11.8 Å². The minimum Gasteiger partial charge on any atom is -0.478 e. The highest BCUT2D eigenvalue weighted by molar-refractivity contribution is 5.93. The summed E-state index contributed by atoms with van der Waals surface area (Å²) in [5.41, 5.74) is 0.765. The molecule has 106 valence electrons. The van der Waals surface area contributed by atoms with Crippen molar-refractivity contribution in [1.82, 2.24) is 0 Å². The molecule has 1 unspecified atom stereocenters. The normalized spacial score (nSPS) is 27.5. The van der Waals surface area contributed by atoms with Crippen molar-refractivity contribution in [3.8, 4) is 0 Å². The molecule has 2 N–H and O–H groups in total. The van der Waals surface area contributed by atoms with Gasteiger partial charge in [0.15, 0.2) is 0 Å². The number of carbonyl (C=O) groups excluding carboxylic acids is 1. The van der Waals surface area contributed by atoms with Crippen molar-refractivity contribution in [2.24, 2.45) is 17.8 Å². The number of amides is 1. The first kappa shape index (κ1) is 13.2. The van der Waals surface area contributed by atoms with Gasteiger partial charge in [-0.25, -0.2) is 4.79 Å². The molecule has 1 aromatic rings. The molecular formula is C16H19NO3. The summed E-state index contributed by atoms with van der Waals surface area (Å²) in [6, 6.07) is 6.40. The lowest BCUT2D eigenvalue weighted by molar-refractivity contribution is -0.117. The van der Waals surface area contributed by atoms with Gasteiger partial charge in [0, 0.05) is 12.1 Å². The van der Waals surface area contributed by atoms with Gasteiger partial charge >= 0.3 is 5.97 Å². The van der Waals surface area contributed by atoms with E-state index >= 15 is 0 Å². The minimum atomic E-state index is -0.978. The van der Waals surface area contributed by atoms with Crippen LogP contribution in [0.2, 0.25) is 0 Å². The van der Waals surface area contributed by atoms with Gasteiger partial charge in [0.05, 0.1) is 5.56 Å². The molecule has 4 heteroatoms. The lowest BCUT2D eigenvalue weighted by atomic mass is 9.86.